The van der Waals surface area contributed by atoms with Crippen molar-refractivity contribution in [2.45, 2.75) is 12.8 Å². The van der Waals surface area contributed by atoms with Crippen LogP contribution in [-0.4, -0.2) is 26.1 Å². The molecule has 27 heavy (non-hydrogen) atoms. The van der Waals surface area contributed by atoms with E-state index >= 15 is 0 Å². The van der Waals surface area contributed by atoms with Crippen molar-refractivity contribution in [2.24, 2.45) is 10.7 Å². The zero-order valence-electron chi connectivity index (χ0n) is 14.1. The Morgan fingerprint density at radius 3 is 3.00 bits per heavy atom. The van der Waals surface area contributed by atoms with E-state index in [1.54, 1.807) is 16.0 Å². The zero-order valence-corrected chi connectivity index (χ0v) is 14.9. The molecule has 7 nitrogen and oxygen atoms in total. The monoisotopic (exact) mass is 371 g/mol. The molecule has 8 heteroatoms. The Bertz CT molecular complexity index is 1260. The highest BCUT2D eigenvalue weighted by molar-refractivity contribution is 7.19. The van der Waals surface area contributed by atoms with Gasteiger partial charge in [0, 0.05) is 10.4 Å². The maximum atomic E-state index is 9.35. The SMILES string of the molecule is N#Cc1cnn(-c2ncnc3sc4c(c23)-c2ccccc2CC4)c1/N=C/N. The van der Waals surface area contributed by atoms with E-state index in [4.69, 9.17) is 5.73 Å². The van der Waals surface area contributed by atoms with Crippen LogP contribution in [0, 0.1) is 11.3 Å². The second-order valence-corrected chi connectivity index (χ2v) is 7.20. The van der Waals surface area contributed by atoms with Crippen LogP contribution in [0.15, 0.2) is 41.8 Å². The molecular formula is C19H13N7S. The molecule has 0 atom stereocenters. The third-order valence-corrected chi connectivity index (χ3v) is 5.87. The summed E-state index contributed by atoms with van der Waals surface area (Å²) >= 11 is 1.68. The molecule has 130 valence electrons. The number of nitriles is 1. The number of aliphatic imine (C=N–C) groups is 1. The summed E-state index contributed by atoms with van der Waals surface area (Å²) in [6.07, 6.45) is 6.15. The van der Waals surface area contributed by atoms with Gasteiger partial charge < -0.3 is 5.73 Å². The fourth-order valence-electron chi connectivity index (χ4n) is 3.59. The van der Waals surface area contributed by atoms with E-state index in [9.17, 15) is 5.26 Å². The van der Waals surface area contributed by atoms with E-state index < -0.39 is 0 Å². The van der Waals surface area contributed by atoms with Gasteiger partial charge in [0.15, 0.2) is 11.6 Å². The molecule has 0 fully saturated rings. The fourth-order valence-corrected chi connectivity index (χ4v) is 4.73. The second-order valence-electron chi connectivity index (χ2n) is 6.12. The van der Waals surface area contributed by atoms with Crippen molar-refractivity contribution in [3.63, 3.8) is 0 Å². The van der Waals surface area contributed by atoms with E-state index in [1.807, 2.05) is 6.07 Å². The highest BCUT2D eigenvalue weighted by Crippen LogP contribution is 2.45. The predicted molar refractivity (Wildman–Crippen MR) is 104 cm³/mol. The Kier molecular flexibility index (Phi) is 3.48. The number of aryl methyl sites for hydroxylation is 2. The van der Waals surface area contributed by atoms with E-state index in [-0.39, 0.29) is 0 Å². The van der Waals surface area contributed by atoms with Gasteiger partial charge in [0.1, 0.15) is 22.8 Å². The molecule has 1 aliphatic carbocycles. The third-order valence-electron chi connectivity index (χ3n) is 4.71. The fraction of sp³-hybridized carbons (Fsp3) is 0.105. The molecule has 0 aliphatic heterocycles. The summed E-state index contributed by atoms with van der Waals surface area (Å²) in [4.78, 5) is 15.3. The first-order valence-corrected chi connectivity index (χ1v) is 9.21. The van der Waals surface area contributed by atoms with Crippen LogP contribution in [0.3, 0.4) is 0 Å². The number of hydrogen-bond acceptors (Lipinski definition) is 6. The van der Waals surface area contributed by atoms with Crippen LogP contribution >= 0.6 is 11.3 Å². The van der Waals surface area contributed by atoms with Crippen molar-refractivity contribution in [1.82, 2.24) is 19.7 Å². The first-order chi connectivity index (χ1) is 13.3. The van der Waals surface area contributed by atoms with Crippen LogP contribution in [0.4, 0.5) is 5.82 Å². The van der Waals surface area contributed by atoms with Gasteiger partial charge in [0.25, 0.3) is 0 Å². The third kappa shape index (κ3) is 2.26. The topological polar surface area (TPSA) is 106 Å². The van der Waals surface area contributed by atoms with Crippen molar-refractivity contribution in [3.8, 4) is 23.0 Å². The Balaban J connectivity index is 1.86. The van der Waals surface area contributed by atoms with Crippen molar-refractivity contribution in [3.05, 3.63) is 52.8 Å². The zero-order chi connectivity index (χ0) is 18.4. The molecule has 0 unspecified atom stereocenters. The highest BCUT2D eigenvalue weighted by atomic mass is 32.1. The Morgan fingerprint density at radius 2 is 2.15 bits per heavy atom. The lowest BCUT2D eigenvalue weighted by Gasteiger charge is -2.17. The normalized spacial score (nSPS) is 12.9. The van der Waals surface area contributed by atoms with E-state index in [0.29, 0.717) is 17.2 Å². The lowest BCUT2D eigenvalue weighted by atomic mass is 9.89. The quantitative estimate of drug-likeness (QED) is 0.430. The Labute approximate surface area is 158 Å². The average molecular weight is 371 g/mol. The smallest absolute Gasteiger partial charge is 0.176 e. The summed E-state index contributed by atoms with van der Waals surface area (Å²) < 4.78 is 1.57. The molecule has 0 spiro atoms. The van der Waals surface area contributed by atoms with Gasteiger partial charge >= 0.3 is 0 Å². The summed E-state index contributed by atoms with van der Waals surface area (Å²) in [5, 5.41) is 14.6. The second kappa shape index (κ2) is 6.00. The summed E-state index contributed by atoms with van der Waals surface area (Å²) in [6.45, 7) is 0. The standard InChI is InChI=1S/C19H13N7S/c20-7-12-8-25-26(17(12)22-9-21)18-16-15-13-4-2-1-3-11(13)5-6-14(15)27-19(16)24-10-23-18/h1-4,8-10H,5-6H2,(H2,21,22). The minimum atomic E-state index is 0.341. The van der Waals surface area contributed by atoms with Gasteiger partial charge in [-0.05, 0) is 24.0 Å². The lowest BCUT2D eigenvalue weighted by Crippen LogP contribution is -2.04. The van der Waals surface area contributed by atoms with Gasteiger partial charge in [-0.2, -0.15) is 15.0 Å². The molecule has 0 bridgehead atoms. The van der Waals surface area contributed by atoms with E-state index in [0.717, 1.165) is 35.0 Å². The largest absolute Gasteiger partial charge is 0.390 e. The van der Waals surface area contributed by atoms with Crippen molar-refractivity contribution in [1.29, 1.82) is 5.26 Å². The van der Waals surface area contributed by atoms with Crippen molar-refractivity contribution in [2.75, 3.05) is 0 Å². The number of hydrogen-bond donors (Lipinski definition) is 1. The molecule has 5 rings (SSSR count). The van der Waals surface area contributed by atoms with Gasteiger partial charge in [-0.25, -0.2) is 15.0 Å². The van der Waals surface area contributed by atoms with Crippen LogP contribution in [0.5, 0.6) is 0 Å². The van der Waals surface area contributed by atoms with Crippen molar-refractivity contribution >= 4 is 33.7 Å². The summed E-state index contributed by atoms with van der Waals surface area (Å²) in [5.41, 5.74) is 9.51. The van der Waals surface area contributed by atoms with Crippen LogP contribution in [0.1, 0.15) is 16.0 Å². The summed E-state index contributed by atoms with van der Waals surface area (Å²) in [6, 6.07) is 10.5. The van der Waals surface area contributed by atoms with E-state index in [2.05, 4.69) is 44.3 Å². The van der Waals surface area contributed by atoms with E-state index in [1.165, 1.54) is 28.5 Å². The molecule has 0 saturated heterocycles. The van der Waals surface area contributed by atoms with Gasteiger partial charge in [0.2, 0.25) is 0 Å². The summed E-state index contributed by atoms with van der Waals surface area (Å²) in [7, 11) is 0. The number of thiophene rings is 1. The molecular weight excluding hydrogens is 358 g/mol. The molecule has 4 aromatic rings. The Morgan fingerprint density at radius 1 is 1.26 bits per heavy atom. The number of benzene rings is 1. The van der Waals surface area contributed by atoms with Crippen LogP contribution < -0.4 is 5.73 Å². The minimum Gasteiger partial charge on any atom is -0.390 e. The number of nitrogens with two attached hydrogens (primary N) is 1. The lowest BCUT2D eigenvalue weighted by molar-refractivity contribution is 0.852. The molecule has 3 aromatic heterocycles. The maximum Gasteiger partial charge on any atom is 0.176 e. The first kappa shape index (κ1) is 15.7. The first-order valence-electron chi connectivity index (χ1n) is 8.39. The Hall–Kier alpha value is -3.57. The molecule has 3 heterocycles. The molecule has 0 radical (unpaired) electrons. The van der Waals surface area contributed by atoms with Gasteiger partial charge in [0.05, 0.1) is 17.9 Å². The number of fused-ring (bicyclic) bond motifs is 5. The number of nitrogens with zero attached hydrogens (tertiary/aromatic N) is 6. The van der Waals surface area contributed by atoms with Gasteiger partial charge in [-0.1, -0.05) is 24.3 Å². The van der Waals surface area contributed by atoms with Crippen LogP contribution in [0.25, 0.3) is 27.2 Å². The molecule has 1 aliphatic rings. The maximum absolute atomic E-state index is 9.35. The van der Waals surface area contributed by atoms with Crippen molar-refractivity contribution < 1.29 is 0 Å². The average Bonchev–Trinajstić information content (AvgIpc) is 3.29. The number of aromatic nitrogens is 4. The molecule has 0 saturated carbocycles. The number of rotatable bonds is 2. The van der Waals surface area contributed by atoms with Crippen LogP contribution in [-0.2, 0) is 12.8 Å². The molecule has 1 aromatic carbocycles. The predicted octanol–water partition coefficient (Wildman–Crippen LogP) is 3.13. The highest BCUT2D eigenvalue weighted by Gasteiger charge is 2.25. The molecule has 2 N–H and O–H groups in total. The minimum absolute atomic E-state index is 0.341. The molecule has 0 amide bonds. The summed E-state index contributed by atoms with van der Waals surface area (Å²) in [5.74, 6) is 0.973. The van der Waals surface area contributed by atoms with Gasteiger partial charge in [-0.3, -0.25) is 0 Å². The van der Waals surface area contributed by atoms with Crippen LogP contribution in [0.2, 0.25) is 0 Å². The van der Waals surface area contributed by atoms with Gasteiger partial charge in [-0.15, -0.1) is 11.3 Å².